The molecular weight excluding hydrogens is 359 g/mol. The van der Waals surface area contributed by atoms with Gasteiger partial charge in [-0.05, 0) is 52.9 Å². The van der Waals surface area contributed by atoms with Gasteiger partial charge in [0.1, 0.15) is 0 Å². The number of halogens is 1. The van der Waals surface area contributed by atoms with Crippen molar-refractivity contribution in [3.05, 3.63) is 44.2 Å². The normalized spacial score (nSPS) is 10.2. The summed E-state index contributed by atoms with van der Waals surface area (Å²) in [5.41, 5.74) is 2.63. The van der Waals surface area contributed by atoms with Gasteiger partial charge < -0.3 is 10.2 Å². The summed E-state index contributed by atoms with van der Waals surface area (Å²) in [5.74, 6) is -0.0632. The van der Waals surface area contributed by atoms with Gasteiger partial charge in [-0.3, -0.25) is 4.79 Å². The van der Waals surface area contributed by atoms with E-state index >= 15 is 0 Å². The average molecular weight is 372 g/mol. The predicted molar refractivity (Wildman–Crippen MR) is 85.8 cm³/mol. The Balaban J connectivity index is 2.07. The lowest BCUT2D eigenvalue weighted by Crippen LogP contribution is -2.11. The van der Waals surface area contributed by atoms with Gasteiger partial charge >= 0.3 is 0 Å². The zero-order valence-electron chi connectivity index (χ0n) is 10.1. The Hall–Kier alpha value is -1.08. The number of hydrogen-bond donors (Lipinski definition) is 1. The number of benzene rings is 1. The van der Waals surface area contributed by atoms with Crippen molar-refractivity contribution in [3.8, 4) is 0 Å². The molecule has 1 amide bonds. The van der Waals surface area contributed by atoms with Crippen LogP contribution in [0.15, 0.2) is 35.7 Å². The molecule has 0 fully saturated rings. The Labute approximate surface area is 124 Å². The molecule has 1 aromatic heterocycles. The van der Waals surface area contributed by atoms with Crippen LogP contribution in [0, 0.1) is 2.88 Å². The highest BCUT2D eigenvalue weighted by atomic mass is 127. The third-order valence-electron chi connectivity index (χ3n) is 2.47. The molecule has 94 valence electrons. The summed E-state index contributed by atoms with van der Waals surface area (Å²) in [6.07, 6.45) is 0. The smallest absolute Gasteiger partial charge is 0.256 e. The highest BCUT2D eigenvalue weighted by molar-refractivity contribution is 14.1. The lowest BCUT2D eigenvalue weighted by molar-refractivity contribution is 0.102. The van der Waals surface area contributed by atoms with Gasteiger partial charge in [0.15, 0.2) is 0 Å². The number of rotatable bonds is 3. The summed E-state index contributed by atoms with van der Waals surface area (Å²) >= 11 is 3.78. The zero-order valence-corrected chi connectivity index (χ0v) is 13.1. The number of amides is 1. The lowest BCUT2D eigenvalue weighted by atomic mass is 10.2. The molecule has 1 N–H and O–H groups in total. The van der Waals surface area contributed by atoms with E-state index in [0.717, 1.165) is 14.3 Å². The van der Waals surface area contributed by atoms with Gasteiger partial charge in [0.05, 0.1) is 8.45 Å². The molecular formula is C13H13IN2OS. The van der Waals surface area contributed by atoms with E-state index in [2.05, 4.69) is 27.9 Å². The molecule has 2 aromatic rings. The third-order valence-corrected chi connectivity index (χ3v) is 4.26. The van der Waals surface area contributed by atoms with E-state index in [4.69, 9.17) is 0 Å². The SMILES string of the molecule is CN(C)c1ccc(NC(=O)c2csc(I)c2)cc1. The fourth-order valence-corrected chi connectivity index (χ4v) is 2.80. The van der Waals surface area contributed by atoms with E-state index in [9.17, 15) is 4.79 Å². The average Bonchev–Trinajstić information content (AvgIpc) is 2.76. The highest BCUT2D eigenvalue weighted by Crippen LogP contribution is 2.19. The molecule has 0 saturated carbocycles. The molecule has 0 unspecified atom stereocenters. The molecule has 18 heavy (non-hydrogen) atoms. The maximum absolute atomic E-state index is 11.9. The number of hydrogen-bond acceptors (Lipinski definition) is 3. The minimum Gasteiger partial charge on any atom is -0.378 e. The van der Waals surface area contributed by atoms with Crippen molar-refractivity contribution in [3.63, 3.8) is 0 Å². The van der Waals surface area contributed by atoms with Crippen molar-refractivity contribution < 1.29 is 4.79 Å². The maximum Gasteiger partial charge on any atom is 0.256 e. The van der Waals surface area contributed by atoms with Crippen LogP contribution in [0.25, 0.3) is 0 Å². The molecule has 0 aliphatic carbocycles. The number of nitrogens with zero attached hydrogens (tertiary/aromatic N) is 1. The molecule has 0 spiro atoms. The lowest BCUT2D eigenvalue weighted by Gasteiger charge is -2.12. The zero-order chi connectivity index (χ0) is 13.1. The minimum atomic E-state index is -0.0632. The molecule has 5 heteroatoms. The molecule has 0 atom stereocenters. The topological polar surface area (TPSA) is 32.3 Å². The Kier molecular flexibility index (Phi) is 4.23. The fourth-order valence-electron chi connectivity index (χ4n) is 1.48. The van der Waals surface area contributed by atoms with Crippen LogP contribution in [0.4, 0.5) is 11.4 Å². The van der Waals surface area contributed by atoms with Crippen molar-refractivity contribution in [2.24, 2.45) is 0 Å². The van der Waals surface area contributed by atoms with Gasteiger partial charge in [0, 0.05) is 30.9 Å². The first kappa shape index (κ1) is 13.4. The molecule has 0 saturated heterocycles. The molecule has 3 nitrogen and oxygen atoms in total. The van der Waals surface area contributed by atoms with Crippen LogP contribution in [0.2, 0.25) is 0 Å². The molecule has 2 rings (SSSR count). The largest absolute Gasteiger partial charge is 0.378 e. The summed E-state index contributed by atoms with van der Waals surface area (Å²) in [7, 11) is 3.97. The first-order valence-corrected chi connectivity index (χ1v) is 7.35. The van der Waals surface area contributed by atoms with E-state index in [1.165, 1.54) is 0 Å². The van der Waals surface area contributed by atoms with Crippen molar-refractivity contribution >= 4 is 51.2 Å². The summed E-state index contributed by atoms with van der Waals surface area (Å²) in [5, 5.41) is 4.75. The van der Waals surface area contributed by atoms with Gasteiger partial charge in [0.2, 0.25) is 0 Å². The minimum absolute atomic E-state index is 0.0632. The van der Waals surface area contributed by atoms with Gasteiger partial charge in [0.25, 0.3) is 5.91 Å². The molecule has 0 aliphatic rings. The van der Waals surface area contributed by atoms with Gasteiger partial charge in [-0.1, -0.05) is 0 Å². The number of anilines is 2. The van der Waals surface area contributed by atoms with Crippen molar-refractivity contribution in [1.29, 1.82) is 0 Å². The molecule has 1 aromatic carbocycles. The van der Waals surface area contributed by atoms with E-state index in [1.807, 2.05) is 54.7 Å². The van der Waals surface area contributed by atoms with Gasteiger partial charge in [-0.25, -0.2) is 0 Å². The first-order valence-electron chi connectivity index (χ1n) is 5.39. The monoisotopic (exact) mass is 372 g/mol. The van der Waals surface area contributed by atoms with Crippen molar-refractivity contribution in [1.82, 2.24) is 0 Å². The van der Waals surface area contributed by atoms with Crippen LogP contribution in [0.5, 0.6) is 0 Å². The maximum atomic E-state index is 11.9. The van der Waals surface area contributed by atoms with E-state index in [0.29, 0.717) is 5.56 Å². The quantitative estimate of drug-likeness (QED) is 0.834. The van der Waals surface area contributed by atoms with Crippen LogP contribution in [-0.2, 0) is 0 Å². The second-order valence-corrected chi connectivity index (χ2v) is 6.84. The third kappa shape index (κ3) is 3.23. The Morgan fingerprint density at radius 3 is 2.44 bits per heavy atom. The first-order chi connectivity index (χ1) is 8.56. The standard InChI is InChI=1S/C13H13IN2OS/c1-16(2)11-5-3-10(4-6-11)15-13(17)9-7-12(14)18-8-9/h3-8H,1-2H3,(H,15,17). The Morgan fingerprint density at radius 1 is 1.28 bits per heavy atom. The summed E-state index contributed by atoms with van der Waals surface area (Å²) in [6.45, 7) is 0. The van der Waals surface area contributed by atoms with Gasteiger partial charge in [-0.15, -0.1) is 11.3 Å². The molecule has 0 bridgehead atoms. The van der Waals surface area contributed by atoms with Crippen LogP contribution in [-0.4, -0.2) is 20.0 Å². The summed E-state index contributed by atoms with van der Waals surface area (Å²) in [6, 6.07) is 9.66. The van der Waals surface area contributed by atoms with Crippen molar-refractivity contribution in [2.75, 3.05) is 24.3 Å². The van der Waals surface area contributed by atoms with E-state index in [1.54, 1.807) is 11.3 Å². The summed E-state index contributed by atoms with van der Waals surface area (Å²) in [4.78, 5) is 13.9. The second kappa shape index (κ2) is 5.71. The van der Waals surface area contributed by atoms with E-state index < -0.39 is 0 Å². The fraction of sp³-hybridized carbons (Fsp3) is 0.154. The van der Waals surface area contributed by atoms with Crippen LogP contribution in [0.1, 0.15) is 10.4 Å². The second-order valence-electron chi connectivity index (χ2n) is 4.03. The number of thiophene rings is 1. The van der Waals surface area contributed by atoms with Crippen LogP contribution < -0.4 is 10.2 Å². The molecule has 0 radical (unpaired) electrons. The Bertz CT molecular complexity index is 548. The number of carbonyl (C=O) groups is 1. The summed E-state index contributed by atoms with van der Waals surface area (Å²) < 4.78 is 1.11. The van der Waals surface area contributed by atoms with Gasteiger partial charge in [-0.2, -0.15) is 0 Å². The van der Waals surface area contributed by atoms with Crippen molar-refractivity contribution in [2.45, 2.75) is 0 Å². The number of nitrogens with one attached hydrogen (secondary N) is 1. The molecule has 1 heterocycles. The van der Waals surface area contributed by atoms with Crippen LogP contribution >= 0.6 is 33.9 Å². The van der Waals surface area contributed by atoms with E-state index in [-0.39, 0.29) is 5.91 Å². The molecule has 0 aliphatic heterocycles. The highest BCUT2D eigenvalue weighted by Gasteiger charge is 2.08. The number of carbonyl (C=O) groups excluding carboxylic acids is 1. The van der Waals surface area contributed by atoms with Crippen LogP contribution in [0.3, 0.4) is 0 Å². The Morgan fingerprint density at radius 2 is 1.94 bits per heavy atom. The predicted octanol–water partition coefficient (Wildman–Crippen LogP) is 3.67.